The predicted molar refractivity (Wildman–Crippen MR) is 116 cm³/mol. The van der Waals surface area contributed by atoms with Crippen LogP contribution in [0.4, 0.5) is 0 Å². The Morgan fingerprint density at radius 3 is 1.93 bits per heavy atom. The average molecular weight is 400 g/mol. The molecule has 0 aliphatic rings. The van der Waals surface area contributed by atoms with Crippen LogP contribution in [-0.2, 0) is 4.74 Å². The van der Waals surface area contributed by atoms with E-state index in [2.05, 4.69) is 6.92 Å². The van der Waals surface area contributed by atoms with Crippen molar-refractivity contribution >= 4 is 18.3 Å². The predicted octanol–water partition coefficient (Wildman–Crippen LogP) is 6.87. The lowest BCUT2D eigenvalue weighted by Gasteiger charge is -2.09. The van der Waals surface area contributed by atoms with E-state index in [1.54, 1.807) is 12.1 Å². The van der Waals surface area contributed by atoms with E-state index in [9.17, 15) is 5.11 Å². The van der Waals surface area contributed by atoms with Crippen LogP contribution in [0.15, 0.2) is 18.2 Å². The number of hydrogen-bond donors (Lipinski definition) is 2. The topological polar surface area (TPSA) is 62.5 Å². The van der Waals surface area contributed by atoms with Gasteiger partial charge in [-0.2, -0.15) is 0 Å². The van der Waals surface area contributed by atoms with E-state index in [0.717, 1.165) is 12.8 Å². The number of halogens is 1. The van der Waals surface area contributed by atoms with Crippen LogP contribution in [0.5, 0.6) is 11.5 Å². The number of unbranched alkanes of at least 4 members (excludes halogenated alkanes) is 11. The molecule has 0 radical (unpaired) electrons. The van der Waals surface area contributed by atoms with Crippen LogP contribution in [0.25, 0.3) is 0 Å². The number of phenolic OH excluding ortho intramolecular Hbond substituents is 1. The van der Waals surface area contributed by atoms with Gasteiger partial charge in [-0.1, -0.05) is 77.6 Å². The highest BCUT2D eigenvalue weighted by molar-refractivity contribution is 5.92. The van der Waals surface area contributed by atoms with Crippen molar-refractivity contribution in [1.29, 1.82) is 5.41 Å². The molecule has 0 heterocycles. The number of nitrogens with one attached hydrogen (secondary N) is 1. The van der Waals surface area contributed by atoms with Crippen molar-refractivity contribution in [2.75, 3.05) is 13.7 Å². The molecular formula is C22H38ClNO3. The fraction of sp³-hybridized carbons (Fsp3) is 0.682. The van der Waals surface area contributed by atoms with Crippen LogP contribution < -0.4 is 4.74 Å². The molecule has 2 N–H and O–H groups in total. The molecule has 1 rings (SSSR count). The Morgan fingerprint density at radius 2 is 1.41 bits per heavy atom. The van der Waals surface area contributed by atoms with E-state index in [1.165, 1.54) is 77.4 Å². The van der Waals surface area contributed by atoms with E-state index < -0.39 is 0 Å². The van der Waals surface area contributed by atoms with Gasteiger partial charge in [0.1, 0.15) is 0 Å². The first-order chi connectivity index (χ1) is 12.7. The number of aromatic hydroxyl groups is 1. The van der Waals surface area contributed by atoms with Gasteiger partial charge < -0.3 is 14.6 Å². The fourth-order valence-electron chi connectivity index (χ4n) is 3.02. The van der Waals surface area contributed by atoms with Gasteiger partial charge in [0.25, 0.3) is 0 Å². The molecule has 0 aliphatic carbocycles. The van der Waals surface area contributed by atoms with E-state index in [1.807, 2.05) is 0 Å². The Balaban J connectivity index is 0.00000676. The smallest absolute Gasteiger partial charge is 0.213 e. The van der Waals surface area contributed by atoms with Crippen molar-refractivity contribution < 1.29 is 14.6 Å². The largest absolute Gasteiger partial charge is 0.504 e. The highest BCUT2D eigenvalue weighted by Crippen LogP contribution is 2.26. The molecule has 0 aromatic heterocycles. The molecule has 1 aromatic rings. The lowest BCUT2D eigenvalue weighted by atomic mass is 10.1. The second-order valence-corrected chi connectivity index (χ2v) is 6.95. The highest BCUT2D eigenvalue weighted by atomic mass is 35.5. The summed E-state index contributed by atoms with van der Waals surface area (Å²) >= 11 is 0. The number of ether oxygens (including phenoxy) is 2. The van der Waals surface area contributed by atoms with Gasteiger partial charge in [0.05, 0.1) is 13.7 Å². The number of benzene rings is 1. The van der Waals surface area contributed by atoms with Gasteiger partial charge in [-0.15, -0.1) is 12.4 Å². The minimum Gasteiger partial charge on any atom is -0.504 e. The molecular weight excluding hydrogens is 362 g/mol. The zero-order chi connectivity index (χ0) is 19.0. The second-order valence-electron chi connectivity index (χ2n) is 6.95. The first-order valence-corrected chi connectivity index (χ1v) is 10.3. The first-order valence-electron chi connectivity index (χ1n) is 10.3. The van der Waals surface area contributed by atoms with E-state index in [0.29, 0.717) is 17.9 Å². The summed E-state index contributed by atoms with van der Waals surface area (Å²) in [6.45, 7) is 2.83. The summed E-state index contributed by atoms with van der Waals surface area (Å²) in [5.74, 6) is 0.567. The summed E-state index contributed by atoms with van der Waals surface area (Å²) in [5.41, 5.74) is 0.624. The third kappa shape index (κ3) is 11.8. The molecule has 0 aliphatic heterocycles. The number of hydrogen-bond acceptors (Lipinski definition) is 4. The Hall–Kier alpha value is -1.42. The highest BCUT2D eigenvalue weighted by Gasteiger charge is 2.07. The molecule has 27 heavy (non-hydrogen) atoms. The Kier molecular flexibility index (Phi) is 15.9. The third-order valence-corrected chi connectivity index (χ3v) is 4.69. The summed E-state index contributed by atoms with van der Waals surface area (Å²) in [7, 11) is 1.50. The zero-order valence-corrected chi connectivity index (χ0v) is 17.9. The SMILES string of the molecule is CCCCCCCCCCCCCCOC(=N)c1ccc(O)c(OC)c1.Cl. The summed E-state index contributed by atoms with van der Waals surface area (Å²) in [5, 5.41) is 17.5. The van der Waals surface area contributed by atoms with E-state index >= 15 is 0 Å². The minimum atomic E-state index is 0. The molecule has 0 saturated heterocycles. The first kappa shape index (κ1) is 25.6. The summed E-state index contributed by atoms with van der Waals surface area (Å²) in [6, 6.07) is 4.82. The molecule has 5 heteroatoms. The normalized spacial score (nSPS) is 10.3. The number of methoxy groups -OCH3 is 1. The zero-order valence-electron chi connectivity index (χ0n) is 17.1. The van der Waals surface area contributed by atoms with Crippen molar-refractivity contribution in [3.63, 3.8) is 0 Å². The molecule has 4 nitrogen and oxygen atoms in total. The van der Waals surface area contributed by atoms with Crippen LogP contribution >= 0.6 is 12.4 Å². The van der Waals surface area contributed by atoms with Gasteiger partial charge in [-0.25, -0.2) is 0 Å². The minimum absolute atomic E-state index is 0. The van der Waals surface area contributed by atoms with E-state index in [4.69, 9.17) is 14.9 Å². The number of rotatable bonds is 15. The molecule has 0 amide bonds. The van der Waals surface area contributed by atoms with Crippen molar-refractivity contribution in [2.24, 2.45) is 0 Å². The van der Waals surface area contributed by atoms with Crippen molar-refractivity contribution in [3.8, 4) is 11.5 Å². The maximum atomic E-state index is 9.58. The Bertz CT molecular complexity index is 508. The van der Waals surface area contributed by atoms with Crippen LogP contribution in [0.3, 0.4) is 0 Å². The van der Waals surface area contributed by atoms with E-state index in [-0.39, 0.29) is 24.1 Å². The van der Waals surface area contributed by atoms with Gasteiger partial charge in [0, 0.05) is 5.56 Å². The lowest BCUT2D eigenvalue weighted by molar-refractivity contribution is 0.290. The standard InChI is InChI=1S/C22H37NO3.ClH/c1-3-4-5-6-7-8-9-10-11-12-13-14-17-26-22(23)19-15-16-20(24)21(18-19)25-2;/h15-16,18,23-24H,3-14,17H2,1-2H3;1H. The maximum Gasteiger partial charge on any atom is 0.213 e. The summed E-state index contributed by atoms with van der Waals surface area (Å²) in [6.07, 6.45) is 15.7. The average Bonchev–Trinajstić information content (AvgIpc) is 2.65. The fourth-order valence-corrected chi connectivity index (χ4v) is 3.02. The third-order valence-electron chi connectivity index (χ3n) is 4.69. The molecule has 1 aromatic carbocycles. The van der Waals surface area contributed by atoms with Crippen LogP contribution in [0.2, 0.25) is 0 Å². The summed E-state index contributed by atoms with van der Waals surface area (Å²) in [4.78, 5) is 0. The Morgan fingerprint density at radius 1 is 0.889 bits per heavy atom. The van der Waals surface area contributed by atoms with Gasteiger partial charge in [-0.05, 0) is 24.6 Å². The Labute approximate surface area is 171 Å². The van der Waals surface area contributed by atoms with Crippen LogP contribution in [0, 0.1) is 5.41 Å². The molecule has 0 saturated carbocycles. The van der Waals surface area contributed by atoms with Crippen molar-refractivity contribution in [1.82, 2.24) is 0 Å². The monoisotopic (exact) mass is 399 g/mol. The van der Waals surface area contributed by atoms with Gasteiger partial charge in [0.2, 0.25) is 5.90 Å². The second kappa shape index (κ2) is 16.7. The molecule has 156 valence electrons. The molecule has 0 bridgehead atoms. The quantitative estimate of drug-likeness (QED) is 0.192. The van der Waals surface area contributed by atoms with Gasteiger partial charge in [-0.3, -0.25) is 5.41 Å². The number of phenols is 1. The molecule has 0 fully saturated rings. The van der Waals surface area contributed by atoms with Gasteiger partial charge >= 0.3 is 0 Å². The van der Waals surface area contributed by atoms with Crippen molar-refractivity contribution in [2.45, 2.75) is 84.0 Å². The molecule has 0 spiro atoms. The van der Waals surface area contributed by atoms with Crippen molar-refractivity contribution in [3.05, 3.63) is 23.8 Å². The molecule has 0 atom stereocenters. The maximum absolute atomic E-state index is 9.58. The van der Waals surface area contributed by atoms with Crippen LogP contribution in [-0.4, -0.2) is 24.7 Å². The lowest BCUT2D eigenvalue weighted by Crippen LogP contribution is -2.06. The van der Waals surface area contributed by atoms with Gasteiger partial charge in [0.15, 0.2) is 11.5 Å². The van der Waals surface area contributed by atoms with Crippen LogP contribution in [0.1, 0.15) is 89.5 Å². The summed E-state index contributed by atoms with van der Waals surface area (Å²) < 4.78 is 10.6. The molecule has 0 unspecified atom stereocenters.